The zero-order valence-corrected chi connectivity index (χ0v) is 9.42. The predicted octanol–water partition coefficient (Wildman–Crippen LogP) is 2.69. The number of carboxylic acid groups (broad SMARTS) is 1. The fourth-order valence-corrected chi connectivity index (χ4v) is 2.24. The summed E-state index contributed by atoms with van der Waals surface area (Å²) < 4.78 is 0.804. The van der Waals surface area contributed by atoms with Gasteiger partial charge in [0.2, 0.25) is 0 Å². The van der Waals surface area contributed by atoms with Crippen molar-refractivity contribution in [3.63, 3.8) is 0 Å². The second-order valence-corrected chi connectivity index (χ2v) is 4.63. The molecular weight excluding hydrogens is 269 g/mol. The molecule has 3 nitrogen and oxygen atoms in total. The summed E-state index contributed by atoms with van der Waals surface area (Å²) in [6.45, 7) is 0. The lowest BCUT2D eigenvalue weighted by atomic mass is 10.2. The number of carbonyl (C=O) groups is 1. The van der Waals surface area contributed by atoms with Crippen molar-refractivity contribution in [2.75, 3.05) is 0 Å². The van der Waals surface area contributed by atoms with Crippen LogP contribution in [0.1, 0.15) is 18.0 Å². The predicted molar refractivity (Wildman–Crippen MR) is 55.4 cm³/mol. The molecular formula is C9H7BrClNO2. The van der Waals surface area contributed by atoms with E-state index in [1.807, 2.05) is 0 Å². The smallest absolute Gasteiger partial charge is 0.307 e. The molecule has 0 aromatic carbocycles. The number of rotatable bonds is 2. The van der Waals surface area contributed by atoms with Gasteiger partial charge in [0.05, 0.1) is 16.6 Å². The van der Waals surface area contributed by atoms with Crippen LogP contribution in [0, 0.1) is 5.92 Å². The van der Waals surface area contributed by atoms with Crippen LogP contribution in [0.2, 0.25) is 5.02 Å². The SMILES string of the molecule is O=C(O)C1CC1c1ncc(Br)cc1Cl. The summed E-state index contributed by atoms with van der Waals surface area (Å²) in [5.41, 5.74) is 0.697. The van der Waals surface area contributed by atoms with Gasteiger partial charge in [-0.05, 0) is 28.4 Å². The van der Waals surface area contributed by atoms with Gasteiger partial charge in [0, 0.05) is 16.6 Å². The van der Waals surface area contributed by atoms with Crippen LogP contribution in [0.25, 0.3) is 0 Å². The fourth-order valence-electron chi connectivity index (χ4n) is 1.47. The van der Waals surface area contributed by atoms with Gasteiger partial charge in [-0.3, -0.25) is 9.78 Å². The lowest BCUT2D eigenvalue weighted by Gasteiger charge is -2.01. The van der Waals surface area contributed by atoms with Crippen LogP contribution in [0.4, 0.5) is 0 Å². The van der Waals surface area contributed by atoms with Gasteiger partial charge in [-0.1, -0.05) is 11.6 Å². The topological polar surface area (TPSA) is 50.2 Å². The van der Waals surface area contributed by atoms with Crippen LogP contribution >= 0.6 is 27.5 Å². The van der Waals surface area contributed by atoms with Crippen molar-refractivity contribution in [3.05, 3.63) is 27.5 Å². The Morgan fingerprint density at radius 3 is 2.93 bits per heavy atom. The highest BCUT2D eigenvalue weighted by molar-refractivity contribution is 9.10. The second-order valence-electron chi connectivity index (χ2n) is 3.31. The quantitative estimate of drug-likeness (QED) is 0.903. The molecule has 1 aromatic rings. The molecule has 0 aliphatic heterocycles. The Morgan fingerprint density at radius 2 is 2.43 bits per heavy atom. The third-order valence-electron chi connectivity index (χ3n) is 2.30. The minimum absolute atomic E-state index is 0.00639. The third-order valence-corrected chi connectivity index (χ3v) is 3.03. The third kappa shape index (κ3) is 1.77. The van der Waals surface area contributed by atoms with Crippen LogP contribution in [0.5, 0.6) is 0 Å². The van der Waals surface area contributed by atoms with Gasteiger partial charge in [-0.25, -0.2) is 0 Å². The van der Waals surface area contributed by atoms with E-state index >= 15 is 0 Å². The maximum atomic E-state index is 10.6. The van der Waals surface area contributed by atoms with E-state index in [1.54, 1.807) is 12.3 Å². The molecule has 1 aliphatic carbocycles. The Kier molecular flexibility index (Phi) is 2.49. The Morgan fingerprint density at radius 1 is 1.71 bits per heavy atom. The van der Waals surface area contributed by atoms with Crippen molar-refractivity contribution in [1.29, 1.82) is 0 Å². The number of hydrogen-bond donors (Lipinski definition) is 1. The average molecular weight is 277 g/mol. The van der Waals surface area contributed by atoms with Crippen molar-refractivity contribution in [2.45, 2.75) is 12.3 Å². The normalized spacial score (nSPS) is 24.7. The molecule has 1 saturated carbocycles. The lowest BCUT2D eigenvalue weighted by Crippen LogP contribution is -2.00. The Hall–Kier alpha value is -0.610. The molecule has 1 aromatic heterocycles. The highest BCUT2D eigenvalue weighted by atomic mass is 79.9. The summed E-state index contributed by atoms with van der Waals surface area (Å²) >= 11 is 9.20. The summed E-state index contributed by atoms with van der Waals surface area (Å²) in [7, 11) is 0. The number of nitrogens with zero attached hydrogens (tertiary/aromatic N) is 1. The van der Waals surface area contributed by atoms with E-state index in [4.69, 9.17) is 16.7 Å². The van der Waals surface area contributed by atoms with Gasteiger partial charge in [0.25, 0.3) is 0 Å². The fraction of sp³-hybridized carbons (Fsp3) is 0.333. The number of hydrogen-bond acceptors (Lipinski definition) is 2. The van der Waals surface area contributed by atoms with Crippen molar-refractivity contribution in [1.82, 2.24) is 4.98 Å². The van der Waals surface area contributed by atoms with Crippen molar-refractivity contribution < 1.29 is 9.90 Å². The van der Waals surface area contributed by atoms with E-state index in [-0.39, 0.29) is 11.8 Å². The van der Waals surface area contributed by atoms with Gasteiger partial charge in [-0.2, -0.15) is 0 Å². The van der Waals surface area contributed by atoms with E-state index in [2.05, 4.69) is 20.9 Å². The summed E-state index contributed by atoms with van der Waals surface area (Å²) in [6, 6.07) is 1.74. The zero-order chi connectivity index (χ0) is 10.3. The molecule has 0 amide bonds. The molecule has 1 aliphatic rings. The largest absolute Gasteiger partial charge is 0.481 e. The Labute approximate surface area is 94.2 Å². The monoisotopic (exact) mass is 275 g/mol. The molecule has 14 heavy (non-hydrogen) atoms. The first-order valence-electron chi connectivity index (χ1n) is 4.13. The summed E-state index contributed by atoms with van der Waals surface area (Å²) in [5.74, 6) is -1.08. The molecule has 5 heteroatoms. The minimum Gasteiger partial charge on any atom is -0.481 e. The summed E-state index contributed by atoms with van der Waals surface area (Å²) in [5, 5.41) is 9.29. The maximum Gasteiger partial charge on any atom is 0.307 e. The molecule has 1 heterocycles. The maximum absolute atomic E-state index is 10.6. The van der Waals surface area contributed by atoms with Crippen molar-refractivity contribution >= 4 is 33.5 Å². The van der Waals surface area contributed by atoms with Gasteiger partial charge >= 0.3 is 5.97 Å². The molecule has 1 N–H and O–H groups in total. The molecule has 2 unspecified atom stereocenters. The zero-order valence-electron chi connectivity index (χ0n) is 7.08. The molecule has 1 fully saturated rings. The van der Waals surface area contributed by atoms with E-state index in [0.717, 1.165) is 4.47 Å². The molecule has 2 rings (SSSR count). The standard InChI is InChI=1S/C9H7BrClNO2/c10-4-1-7(11)8(12-3-4)5-2-6(5)9(13)14/h1,3,5-6H,2H2,(H,13,14). The van der Waals surface area contributed by atoms with Gasteiger partial charge in [0.15, 0.2) is 0 Å². The molecule has 0 radical (unpaired) electrons. The van der Waals surface area contributed by atoms with Gasteiger partial charge in [0.1, 0.15) is 0 Å². The number of halogens is 2. The lowest BCUT2D eigenvalue weighted by molar-refractivity contribution is -0.138. The van der Waals surface area contributed by atoms with Gasteiger partial charge in [-0.15, -0.1) is 0 Å². The highest BCUT2D eigenvalue weighted by Crippen LogP contribution is 2.48. The highest BCUT2D eigenvalue weighted by Gasteiger charge is 2.46. The number of pyridine rings is 1. The van der Waals surface area contributed by atoms with Crippen LogP contribution in [0.3, 0.4) is 0 Å². The Balaban J connectivity index is 2.23. The second kappa shape index (κ2) is 3.51. The molecule has 74 valence electrons. The number of aliphatic carboxylic acids is 1. The van der Waals surface area contributed by atoms with Crippen LogP contribution in [0.15, 0.2) is 16.7 Å². The molecule has 0 saturated heterocycles. The first-order valence-corrected chi connectivity index (χ1v) is 5.30. The van der Waals surface area contributed by atoms with Crippen molar-refractivity contribution in [3.8, 4) is 0 Å². The van der Waals surface area contributed by atoms with Crippen molar-refractivity contribution in [2.24, 2.45) is 5.92 Å². The van der Waals surface area contributed by atoms with E-state index in [1.165, 1.54) is 0 Å². The van der Waals surface area contributed by atoms with Crippen LogP contribution < -0.4 is 0 Å². The molecule has 0 bridgehead atoms. The summed E-state index contributed by atoms with van der Waals surface area (Å²) in [4.78, 5) is 14.8. The molecule has 0 spiro atoms. The molecule has 2 atom stereocenters. The van der Waals surface area contributed by atoms with E-state index in [9.17, 15) is 4.79 Å². The number of aromatic nitrogens is 1. The van der Waals surface area contributed by atoms with Gasteiger partial charge < -0.3 is 5.11 Å². The first-order chi connectivity index (χ1) is 6.59. The van der Waals surface area contributed by atoms with E-state index < -0.39 is 5.97 Å². The van der Waals surface area contributed by atoms with Crippen LogP contribution in [-0.2, 0) is 4.79 Å². The van der Waals surface area contributed by atoms with Crippen LogP contribution in [-0.4, -0.2) is 16.1 Å². The summed E-state index contributed by atoms with van der Waals surface area (Å²) in [6.07, 6.45) is 2.28. The first kappa shape index (κ1) is 9.93. The van der Waals surface area contributed by atoms with E-state index in [0.29, 0.717) is 17.1 Å². The average Bonchev–Trinajstić information content (AvgIpc) is 2.83. The number of carboxylic acids is 1. The minimum atomic E-state index is -0.768. The Bertz CT molecular complexity index is 396.